The van der Waals surface area contributed by atoms with Crippen LogP contribution in [0, 0.1) is 0 Å². The first-order chi connectivity index (χ1) is 12.0. The van der Waals surface area contributed by atoms with Crippen molar-refractivity contribution in [2.24, 2.45) is 0 Å². The fourth-order valence-electron chi connectivity index (χ4n) is 2.82. The fourth-order valence-corrected chi connectivity index (χ4v) is 3.17. The zero-order valence-electron chi connectivity index (χ0n) is 13.3. The summed E-state index contributed by atoms with van der Waals surface area (Å²) in [5.41, 5.74) is 1.95. The van der Waals surface area contributed by atoms with Gasteiger partial charge < -0.3 is 15.2 Å². The molecule has 0 aliphatic carbocycles. The van der Waals surface area contributed by atoms with E-state index in [4.69, 9.17) is 0 Å². The Morgan fingerprint density at radius 1 is 1.32 bits per heavy atom. The van der Waals surface area contributed by atoms with Gasteiger partial charge in [-0.3, -0.25) is 14.4 Å². The van der Waals surface area contributed by atoms with Crippen molar-refractivity contribution in [3.05, 3.63) is 69.1 Å². The first-order valence-electron chi connectivity index (χ1n) is 7.76. The van der Waals surface area contributed by atoms with Gasteiger partial charge in [-0.05, 0) is 64.7 Å². The van der Waals surface area contributed by atoms with E-state index >= 15 is 0 Å². The number of H-pyrrole nitrogens is 1. The molecule has 1 aliphatic heterocycles. The summed E-state index contributed by atoms with van der Waals surface area (Å²) >= 11 is 3.25. The van der Waals surface area contributed by atoms with E-state index in [0.717, 1.165) is 24.1 Å². The van der Waals surface area contributed by atoms with Crippen molar-refractivity contribution in [1.29, 1.82) is 0 Å². The second-order valence-corrected chi connectivity index (χ2v) is 6.57. The number of benzene rings is 1. The van der Waals surface area contributed by atoms with Gasteiger partial charge in [0.15, 0.2) is 0 Å². The van der Waals surface area contributed by atoms with E-state index in [-0.39, 0.29) is 23.1 Å². The predicted octanol–water partition coefficient (Wildman–Crippen LogP) is 2.85. The lowest BCUT2D eigenvalue weighted by Gasteiger charge is -2.28. The van der Waals surface area contributed by atoms with Crippen LogP contribution in [0.25, 0.3) is 0 Å². The van der Waals surface area contributed by atoms with Gasteiger partial charge in [0.2, 0.25) is 5.91 Å². The van der Waals surface area contributed by atoms with Gasteiger partial charge in [0, 0.05) is 28.5 Å². The van der Waals surface area contributed by atoms with E-state index in [1.807, 2.05) is 0 Å². The summed E-state index contributed by atoms with van der Waals surface area (Å²) in [7, 11) is 0. The Bertz CT molecular complexity index is 920. The molecule has 1 aromatic carbocycles. The van der Waals surface area contributed by atoms with Gasteiger partial charge >= 0.3 is 0 Å². The molecule has 0 spiro atoms. The van der Waals surface area contributed by atoms with Gasteiger partial charge in [-0.25, -0.2) is 0 Å². The number of anilines is 2. The standard InChI is InChI=1S/C18H16BrN3O3/c1-2-16(23)22-7-3-4-11-8-12(5-6-15(11)22)17(24)21-14-9-13(19)10-20-18(14)25/h2,5-6,8-10H,1,3-4,7H2,(H,20,25)(H,21,24). The molecule has 0 bridgehead atoms. The minimum Gasteiger partial charge on any atom is -0.326 e. The van der Waals surface area contributed by atoms with Gasteiger partial charge in [0.05, 0.1) is 0 Å². The number of fused-ring (bicyclic) bond motifs is 1. The summed E-state index contributed by atoms with van der Waals surface area (Å²) < 4.78 is 0.659. The van der Waals surface area contributed by atoms with Crippen molar-refractivity contribution in [3.8, 4) is 0 Å². The zero-order valence-corrected chi connectivity index (χ0v) is 14.9. The topological polar surface area (TPSA) is 82.3 Å². The molecule has 0 atom stereocenters. The first-order valence-corrected chi connectivity index (χ1v) is 8.55. The molecule has 128 valence electrons. The fraction of sp³-hybridized carbons (Fsp3) is 0.167. The normalized spacial score (nSPS) is 13.1. The summed E-state index contributed by atoms with van der Waals surface area (Å²) in [5.74, 6) is -0.530. The van der Waals surface area contributed by atoms with E-state index in [1.54, 1.807) is 29.2 Å². The number of aromatic nitrogens is 1. The number of pyridine rings is 1. The van der Waals surface area contributed by atoms with Crippen LogP contribution in [0.3, 0.4) is 0 Å². The number of aryl methyl sites for hydroxylation is 1. The Kier molecular flexibility index (Phi) is 4.85. The van der Waals surface area contributed by atoms with Crippen molar-refractivity contribution in [2.75, 3.05) is 16.8 Å². The molecule has 0 unspecified atom stereocenters. The number of nitrogens with zero attached hydrogens (tertiary/aromatic N) is 1. The molecule has 0 saturated heterocycles. The van der Waals surface area contributed by atoms with Gasteiger partial charge in [-0.2, -0.15) is 0 Å². The summed E-state index contributed by atoms with van der Waals surface area (Å²) in [4.78, 5) is 40.4. The van der Waals surface area contributed by atoms with E-state index in [1.165, 1.54) is 12.3 Å². The van der Waals surface area contributed by atoms with Gasteiger partial charge in [-0.1, -0.05) is 6.58 Å². The summed E-state index contributed by atoms with van der Waals surface area (Å²) in [6, 6.07) is 6.71. The summed E-state index contributed by atoms with van der Waals surface area (Å²) in [6.45, 7) is 4.16. The average Bonchev–Trinajstić information content (AvgIpc) is 2.63. The van der Waals surface area contributed by atoms with Crippen molar-refractivity contribution in [3.63, 3.8) is 0 Å². The van der Waals surface area contributed by atoms with E-state index in [2.05, 4.69) is 32.8 Å². The molecule has 2 aromatic rings. The van der Waals surface area contributed by atoms with Crippen LogP contribution < -0.4 is 15.8 Å². The smallest absolute Gasteiger partial charge is 0.271 e. The second-order valence-electron chi connectivity index (χ2n) is 5.66. The van der Waals surface area contributed by atoms with Crippen LogP contribution >= 0.6 is 15.9 Å². The van der Waals surface area contributed by atoms with Crippen LogP contribution in [0.4, 0.5) is 11.4 Å². The maximum absolute atomic E-state index is 12.5. The highest BCUT2D eigenvalue weighted by atomic mass is 79.9. The number of aromatic amines is 1. The zero-order chi connectivity index (χ0) is 18.0. The highest BCUT2D eigenvalue weighted by Gasteiger charge is 2.22. The number of nitrogens with one attached hydrogen (secondary N) is 2. The molecule has 25 heavy (non-hydrogen) atoms. The van der Waals surface area contributed by atoms with Crippen LogP contribution in [0.5, 0.6) is 0 Å². The summed E-state index contributed by atoms with van der Waals surface area (Å²) in [6.07, 6.45) is 4.40. The molecule has 6 nitrogen and oxygen atoms in total. The molecule has 2 N–H and O–H groups in total. The minimum atomic E-state index is -0.378. The lowest BCUT2D eigenvalue weighted by molar-refractivity contribution is -0.114. The Hall–Kier alpha value is -2.67. The average molecular weight is 402 g/mol. The number of rotatable bonds is 3. The van der Waals surface area contributed by atoms with E-state index in [0.29, 0.717) is 16.6 Å². The molecule has 1 aromatic heterocycles. The van der Waals surface area contributed by atoms with Crippen molar-refractivity contribution in [2.45, 2.75) is 12.8 Å². The molecule has 2 heterocycles. The maximum atomic E-state index is 12.5. The predicted molar refractivity (Wildman–Crippen MR) is 100 cm³/mol. The number of hydrogen-bond acceptors (Lipinski definition) is 3. The highest BCUT2D eigenvalue weighted by Crippen LogP contribution is 2.28. The molecular formula is C18H16BrN3O3. The van der Waals surface area contributed by atoms with E-state index in [9.17, 15) is 14.4 Å². The van der Waals surface area contributed by atoms with Crippen LogP contribution in [0.15, 0.2) is 52.4 Å². The SMILES string of the molecule is C=CC(=O)N1CCCc2cc(C(=O)Nc3cc(Br)c[nH]c3=O)ccc21. The highest BCUT2D eigenvalue weighted by molar-refractivity contribution is 9.10. The Morgan fingerprint density at radius 3 is 2.88 bits per heavy atom. The number of hydrogen-bond donors (Lipinski definition) is 2. The molecule has 0 saturated carbocycles. The third-order valence-corrected chi connectivity index (χ3v) is 4.48. The molecular weight excluding hydrogens is 386 g/mol. The number of carbonyl (C=O) groups is 2. The minimum absolute atomic E-state index is 0.154. The van der Waals surface area contributed by atoms with Crippen LogP contribution in [0.1, 0.15) is 22.3 Å². The molecule has 1 aliphatic rings. The van der Waals surface area contributed by atoms with Crippen LogP contribution in [-0.2, 0) is 11.2 Å². The number of amides is 2. The molecule has 7 heteroatoms. The molecule has 2 amide bonds. The third kappa shape index (κ3) is 3.56. The molecule has 0 radical (unpaired) electrons. The van der Waals surface area contributed by atoms with Crippen LogP contribution in [-0.4, -0.2) is 23.3 Å². The molecule has 0 fully saturated rings. The van der Waals surface area contributed by atoms with Crippen LogP contribution in [0.2, 0.25) is 0 Å². The largest absolute Gasteiger partial charge is 0.326 e. The first kappa shape index (κ1) is 17.2. The summed E-state index contributed by atoms with van der Waals surface area (Å²) in [5, 5.41) is 2.61. The Balaban J connectivity index is 1.88. The Labute approximate surface area is 152 Å². The second kappa shape index (κ2) is 7.06. The quantitative estimate of drug-likeness (QED) is 0.775. The lowest BCUT2D eigenvalue weighted by Crippen LogP contribution is -2.34. The van der Waals surface area contributed by atoms with Crippen molar-refractivity contribution in [1.82, 2.24) is 4.98 Å². The maximum Gasteiger partial charge on any atom is 0.271 e. The number of carbonyl (C=O) groups excluding carboxylic acids is 2. The lowest BCUT2D eigenvalue weighted by atomic mass is 9.98. The van der Waals surface area contributed by atoms with E-state index < -0.39 is 0 Å². The van der Waals surface area contributed by atoms with Gasteiger partial charge in [-0.15, -0.1) is 0 Å². The third-order valence-electron chi connectivity index (χ3n) is 4.02. The van der Waals surface area contributed by atoms with Crippen molar-refractivity contribution < 1.29 is 9.59 Å². The number of halogens is 1. The Morgan fingerprint density at radius 2 is 2.12 bits per heavy atom. The monoisotopic (exact) mass is 401 g/mol. The van der Waals surface area contributed by atoms with Gasteiger partial charge in [0.25, 0.3) is 11.5 Å². The molecule has 3 rings (SSSR count). The van der Waals surface area contributed by atoms with Crippen molar-refractivity contribution >= 4 is 39.1 Å². The van der Waals surface area contributed by atoms with Gasteiger partial charge in [0.1, 0.15) is 5.69 Å².